The summed E-state index contributed by atoms with van der Waals surface area (Å²) >= 11 is 0. The summed E-state index contributed by atoms with van der Waals surface area (Å²) in [5, 5.41) is 9.35. The third kappa shape index (κ3) is 3.53. The summed E-state index contributed by atoms with van der Waals surface area (Å²) in [7, 11) is 2.07. The lowest BCUT2D eigenvalue weighted by Crippen LogP contribution is -2.37. The van der Waals surface area contributed by atoms with Crippen molar-refractivity contribution in [1.29, 1.82) is 0 Å². The Labute approximate surface area is 169 Å². The van der Waals surface area contributed by atoms with Gasteiger partial charge in [-0.1, -0.05) is 0 Å². The second kappa shape index (κ2) is 7.59. The molecule has 1 saturated heterocycles. The van der Waals surface area contributed by atoms with Gasteiger partial charge in [-0.3, -0.25) is 18.9 Å². The van der Waals surface area contributed by atoms with Gasteiger partial charge in [0.15, 0.2) is 5.82 Å². The van der Waals surface area contributed by atoms with E-state index in [2.05, 4.69) is 26.7 Å². The third-order valence-corrected chi connectivity index (χ3v) is 6.31. The summed E-state index contributed by atoms with van der Waals surface area (Å²) in [5.41, 5.74) is 4.04. The van der Waals surface area contributed by atoms with E-state index in [-0.39, 0.29) is 5.56 Å². The number of rotatable bonds is 5. The van der Waals surface area contributed by atoms with E-state index in [0.29, 0.717) is 18.4 Å². The first-order chi connectivity index (χ1) is 14.2. The van der Waals surface area contributed by atoms with E-state index in [1.165, 1.54) is 29.8 Å². The highest BCUT2D eigenvalue weighted by molar-refractivity contribution is 5.29. The first-order valence-electron chi connectivity index (χ1n) is 10.5. The minimum absolute atomic E-state index is 0.0568. The second-order valence-corrected chi connectivity index (χ2v) is 8.15. The van der Waals surface area contributed by atoms with Crippen molar-refractivity contribution in [2.75, 3.05) is 6.54 Å². The lowest BCUT2D eigenvalue weighted by Gasteiger charge is -2.25. The van der Waals surface area contributed by atoms with Gasteiger partial charge in [0.05, 0.1) is 17.9 Å². The van der Waals surface area contributed by atoms with E-state index in [1.54, 1.807) is 29.3 Å². The molecule has 29 heavy (non-hydrogen) atoms. The van der Waals surface area contributed by atoms with Crippen molar-refractivity contribution in [1.82, 2.24) is 34.0 Å². The Balaban J connectivity index is 1.37. The molecular formula is C21H27N7O. The van der Waals surface area contributed by atoms with Crippen molar-refractivity contribution in [2.24, 2.45) is 7.05 Å². The third-order valence-electron chi connectivity index (χ3n) is 6.31. The molecule has 3 aromatic heterocycles. The molecule has 4 heterocycles. The van der Waals surface area contributed by atoms with Crippen LogP contribution in [0.2, 0.25) is 0 Å². The fourth-order valence-electron chi connectivity index (χ4n) is 4.75. The van der Waals surface area contributed by atoms with Crippen LogP contribution in [0.15, 0.2) is 35.6 Å². The molecule has 0 bridgehead atoms. The van der Waals surface area contributed by atoms with Gasteiger partial charge in [-0.25, -0.2) is 9.67 Å². The molecular weight excluding hydrogens is 366 g/mol. The number of nitrogens with zero attached hydrogens (tertiary/aromatic N) is 7. The Hall–Kier alpha value is -2.74. The number of fused-ring (bicyclic) bond motifs is 1. The summed E-state index contributed by atoms with van der Waals surface area (Å²) in [4.78, 5) is 19.0. The van der Waals surface area contributed by atoms with Crippen LogP contribution in [0.25, 0.3) is 5.82 Å². The Morgan fingerprint density at radius 2 is 2.03 bits per heavy atom. The summed E-state index contributed by atoms with van der Waals surface area (Å²) in [5.74, 6) is 0.715. The van der Waals surface area contributed by atoms with Gasteiger partial charge < -0.3 is 0 Å². The van der Waals surface area contributed by atoms with E-state index in [9.17, 15) is 4.79 Å². The zero-order chi connectivity index (χ0) is 19.8. The van der Waals surface area contributed by atoms with Gasteiger partial charge in [0.2, 0.25) is 0 Å². The number of hydrogen-bond acceptors (Lipinski definition) is 5. The summed E-state index contributed by atoms with van der Waals surface area (Å²) in [6, 6.07) is 3.65. The Morgan fingerprint density at radius 3 is 2.90 bits per heavy atom. The normalized spacial score (nSPS) is 19.6. The first kappa shape index (κ1) is 18.3. The molecule has 8 heteroatoms. The average Bonchev–Trinajstić information content (AvgIpc) is 3.46. The maximum atomic E-state index is 12.4. The predicted molar refractivity (Wildman–Crippen MR) is 109 cm³/mol. The molecule has 3 aromatic rings. The van der Waals surface area contributed by atoms with Gasteiger partial charge in [0, 0.05) is 38.1 Å². The smallest absolute Gasteiger partial charge is 0.266 e. The van der Waals surface area contributed by atoms with E-state index >= 15 is 0 Å². The van der Waals surface area contributed by atoms with Crippen LogP contribution < -0.4 is 5.56 Å². The molecule has 5 rings (SSSR count). The molecule has 1 unspecified atom stereocenters. The standard InChI is InChI=1S/C21H27N7O/c1-25-19(17-6-2-3-7-18(17)23-25)14-26-11-4-5-16(26)13-28-21(29)9-8-20(24-28)27-12-10-22-15-27/h8-10,12,15-16H,2-7,11,13-14H2,1H3. The van der Waals surface area contributed by atoms with Crippen LogP contribution >= 0.6 is 0 Å². The van der Waals surface area contributed by atoms with E-state index < -0.39 is 0 Å². The Bertz CT molecular complexity index is 1050. The summed E-state index contributed by atoms with van der Waals surface area (Å²) < 4.78 is 5.51. The van der Waals surface area contributed by atoms with Crippen LogP contribution in [0.5, 0.6) is 0 Å². The lowest BCUT2D eigenvalue weighted by atomic mass is 9.95. The largest absolute Gasteiger partial charge is 0.293 e. The number of hydrogen-bond donors (Lipinski definition) is 0. The number of likely N-dealkylation sites (tertiary alicyclic amines) is 1. The minimum atomic E-state index is -0.0568. The summed E-state index contributed by atoms with van der Waals surface area (Å²) in [6.07, 6.45) is 12.2. The van der Waals surface area contributed by atoms with Gasteiger partial charge in [0.1, 0.15) is 6.33 Å². The highest BCUT2D eigenvalue weighted by Gasteiger charge is 2.28. The van der Waals surface area contributed by atoms with Gasteiger partial charge in [0.25, 0.3) is 5.56 Å². The lowest BCUT2D eigenvalue weighted by molar-refractivity contribution is 0.211. The number of imidazole rings is 1. The van der Waals surface area contributed by atoms with E-state index in [4.69, 9.17) is 5.10 Å². The van der Waals surface area contributed by atoms with Crippen LogP contribution in [0.4, 0.5) is 0 Å². The fourth-order valence-corrected chi connectivity index (χ4v) is 4.75. The zero-order valence-electron chi connectivity index (χ0n) is 16.9. The minimum Gasteiger partial charge on any atom is -0.293 e. The molecule has 0 amide bonds. The highest BCUT2D eigenvalue weighted by atomic mass is 16.1. The van der Waals surface area contributed by atoms with Gasteiger partial charge in [-0.05, 0) is 56.7 Å². The van der Waals surface area contributed by atoms with Crippen LogP contribution in [0.1, 0.15) is 42.6 Å². The maximum absolute atomic E-state index is 12.4. The van der Waals surface area contributed by atoms with Gasteiger partial charge in [-0.15, -0.1) is 0 Å². The Morgan fingerprint density at radius 1 is 1.14 bits per heavy atom. The topological polar surface area (TPSA) is 73.8 Å². The molecule has 1 atom stereocenters. The van der Waals surface area contributed by atoms with Gasteiger partial charge in [-0.2, -0.15) is 10.2 Å². The molecule has 0 saturated carbocycles. The Kier molecular flexibility index (Phi) is 4.79. The van der Waals surface area contributed by atoms with Crippen LogP contribution in [-0.4, -0.2) is 46.6 Å². The van der Waals surface area contributed by atoms with Crippen LogP contribution in [0, 0.1) is 0 Å². The molecule has 0 aromatic carbocycles. The van der Waals surface area contributed by atoms with Gasteiger partial charge >= 0.3 is 0 Å². The van der Waals surface area contributed by atoms with Crippen molar-refractivity contribution in [3.8, 4) is 5.82 Å². The first-order valence-corrected chi connectivity index (χ1v) is 10.5. The molecule has 0 N–H and O–H groups in total. The zero-order valence-corrected chi connectivity index (χ0v) is 16.9. The molecule has 1 aliphatic heterocycles. The second-order valence-electron chi connectivity index (χ2n) is 8.15. The molecule has 0 spiro atoms. The van der Waals surface area contributed by atoms with Crippen molar-refractivity contribution in [3.63, 3.8) is 0 Å². The quantitative estimate of drug-likeness (QED) is 0.660. The average molecular weight is 393 g/mol. The number of aromatic nitrogens is 6. The van der Waals surface area contributed by atoms with Crippen molar-refractivity contribution < 1.29 is 0 Å². The molecule has 0 radical (unpaired) electrons. The predicted octanol–water partition coefficient (Wildman–Crippen LogP) is 1.71. The molecule has 8 nitrogen and oxygen atoms in total. The van der Waals surface area contributed by atoms with Crippen molar-refractivity contribution >= 4 is 0 Å². The molecule has 2 aliphatic rings. The van der Waals surface area contributed by atoms with Crippen molar-refractivity contribution in [3.05, 3.63) is 58.2 Å². The maximum Gasteiger partial charge on any atom is 0.266 e. The fraction of sp³-hybridized carbons (Fsp3) is 0.524. The summed E-state index contributed by atoms with van der Waals surface area (Å²) in [6.45, 7) is 2.57. The van der Waals surface area contributed by atoms with E-state index in [0.717, 1.165) is 38.8 Å². The SMILES string of the molecule is Cn1nc2c(c1CN1CCCC1Cn1nc(-n3ccnc3)ccc1=O)CCCC2. The van der Waals surface area contributed by atoms with E-state index in [1.807, 2.05) is 10.8 Å². The molecule has 1 aliphatic carbocycles. The van der Waals surface area contributed by atoms with Crippen molar-refractivity contribution in [2.45, 2.75) is 57.7 Å². The monoisotopic (exact) mass is 393 g/mol. The number of aryl methyl sites for hydroxylation is 2. The molecule has 1 fully saturated rings. The van der Waals surface area contributed by atoms with Crippen LogP contribution in [0.3, 0.4) is 0 Å². The molecule has 152 valence electrons. The van der Waals surface area contributed by atoms with Crippen LogP contribution in [-0.2, 0) is 33.0 Å². The highest BCUT2D eigenvalue weighted by Crippen LogP contribution is 2.27.